The van der Waals surface area contributed by atoms with Crippen LogP contribution in [0.1, 0.15) is 53.1 Å². The predicted octanol–water partition coefficient (Wildman–Crippen LogP) is 3.96. The molecule has 1 aromatic carbocycles. The van der Waals surface area contributed by atoms with Crippen LogP contribution in [0.15, 0.2) is 22.7 Å². The predicted molar refractivity (Wildman–Crippen MR) is 111 cm³/mol. The standard InChI is InChI=1S/C23H30FN3O3/c1-15-21(16(2)30-25-15)23(28)26(3)13-17-11-19(12-17)29-20-8-6-7-18(22(20)24)14-27-9-4-5-10-27/h6-8,17,19H,4-5,9-14H2,1-3H3. The van der Waals surface area contributed by atoms with E-state index in [-0.39, 0.29) is 17.8 Å². The van der Waals surface area contributed by atoms with Crippen LogP contribution in [-0.2, 0) is 6.54 Å². The SMILES string of the molecule is Cc1noc(C)c1C(=O)N(C)CC1CC(Oc2cccc(CN3CCCC3)c2F)C1. The number of aromatic nitrogens is 1. The third kappa shape index (κ3) is 4.36. The maximum absolute atomic E-state index is 14.9. The summed E-state index contributed by atoms with van der Waals surface area (Å²) in [4.78, 5) is 16.7. The Kier molecular flexibility index (Phi) is 6.09. The molecule has 7 heteroatoms. The molecule has 1 aliphatic heterocycles. The highest BCUT2D eigenvalue weighted by atomic mass is 19.1. The van der Waals surface area contributed by atoms with Crippen molar-refractivity contribution in [3.05, 3.63) is 46.6 Å². The van der Waals surface area contributed by atoms with Gasteiger partial charge in [-0.25, -0.2) is 4.39 Å². The molecule has 0 radical (unpaired) electrons. The molecule has 0 spiro atoms. The summed E-state index contributed by atoms with van der Waals surface area (Å²) < 4.78 is 25.9. The number of carbonyl (C=O) groups excluding carboxylic acids is 1. The van der Waals surface area contributed by atoms with E-state index in [0.29, 0.717) is 47.3 Å². The van der Waals surface area contributed by atoms with E-state index >= 15 is 0 Å². The van der Waals surface area contributed by atoms with Gasteiger partial charge in [0.05, 0.1) is 11.8 Å². The first-order valence-electron chi connectivity index (χ1n) is 10.8. The lowest BCUT2D eigenvalue weighted by Crippen LogP contribution is -2.42. The van der Waals surface area contributed by atoms with Crippen LogP contribution >= 0.6 is 0 Å². The molecule has 2 aliphatic rings. The van der Waals surface area contributed by atoms with E-state index in [2.05, 4.69) is 10.1 Å². The van der Waals surface area contributed by atoms with Gasteiger partial charge >= 0.3 is 0 Å². The fourth-order valence-electron chi connectivity index (χ4n) is 4.50. The normalized spacial score (nSPS) is 21.5. The van der Waals surface area contributed by atoms with Crippen molar-refractivity contribution in [1.82, 2.24) is 15.0 Å². The molecule has 0 unspecified atom stereocenters. The first-order chi connectivity index (χ1) is 14.4. The van der Waals surface area contributed by atoms with Gasteiger partial charge in [-0.15, -0.1) is 0 Å². The third-order valence-electron chi connectivity index (χ3n) is 6.25. The van der Waals surface area contributed by atoms with E-state index in [4.69, 9.17) is 9.26 Å². The van der Waals surface area contributed by atoms with Gasteiger partial charge in [-0.05, 0) is 64.6 Å². The Labute approximate surface area is 177 Å². The zero-order valence-corrected chi connectivity index (χ0v) is 18.0. The number of benzene rings is 1. The fourth-order valence-corrected chi connectivity index (χ4v) is 4.50. The monoisotopic (exact) mass is 415 g/mol. The first kappa shape index (κ1) is 20.8. The van der Waals surface area contributed by atoms with Crippen LogP contribution < -0.4 is 4.74 Å². The number of hydrogen-bond acceptors (Lipinski definition) is 5. The fraction of sp³-hybridized carbons (Fsp3) is 0.565. The molecule has 2 fully saturated rings. The van der Waals surface area contributed by atoms with E-state index in [1.54, 1.807) is 31.9 Å². The van der Waals surface area contributed by atoms with Gasteiger partial charge in [0.1, 0.15) is 11.3 Å². The summed E-state index contributed by atoms with van der Waals surface area (Å²) in [6.07, 6.45) is 4.00. The molecule has 30 heavy (non-hydrogen) atoms. The molecule has 2 heterocycles. The van der Waals surface area contributed by atoms with Gasteiger partial charge in [0.2, 0.25) is 0 Å². The summed E-state index contributed by atoms with van der Waals surface area (Å²) in [5, 5.41) is 3.86. The number of rotatable bonds is 7. The maximum Gasteiger partial charge on any atom is 0.259 e. The van der Waals surface area contributed by atoms with Crippen molar-refractivity contribution in [2.45, 2.75) is 52.2 Å². The van der Waals surface area contributed by atoms with Gasteiger partial charge in [-0.2, -0.15) is 0 Å². The maximum atomic E-state index is 14.9. The Bertz CT molecular complexity index is 882. The molecule has 1 saturated carbocycles. The average molecular weight is 416 g/mol. The number of aryl methyl sites for hydroxylation is 2. The third-order valence-corrected chi connectivity index (χ3v) is 6.25. The summed E-state index contributed by atoms with van der Waals surface area (Å²) in [6, 6.07) is 5.43. The molecule has 1 amide bonds. The molecule has 1 aromatic heterocycles. The molecule has 1 aliphatic carbocycles. The first-order valence-corrected chi connectivity index (χ1v) is 10.8. The molecule has 0 bridgehead atoms. The van der Waals surface area contributed by atoms with Gasteiger partial charge in [0.25, 0.3) is 5.91 Å². The Morgan fingerprint density at radius 3 is 2.70 bits per heavy atom. The topological polar surface area (TPSA) is 58.8 Å². The van der Waals surface area contributed by atoms with Crippen LogP contribution in [0, 0.1) is 25.6 Å². The van der Waals surface area contributed by atoms with Gasteiger partial charge in [-0.3, -0.25) is 9.69 Å². The highest BCUT2D eigenvalue weighted by Gasteiger charge is 2.34. The molecule has 0 N–H and O–H groups in total. The number of halogens is 1. The number of carbonyl (C=O) groups is 1. The summed E-state index contributed by atoms with van der Waals surface area (Å²) in [7, 11) is 1.80. The molecule has 162 valence electrons. The smallest absolute Gasteiger partial charge is 0.259 e. The van der Waals surface area contributed by atoms with Gasteiger partial charge in [-0.1, -0.05) is 17.3 Å². The van der Waals surface area contributed by atoms with E-state index < -0.39 is 0 Å². The highest BCUT2D eigenvalue weighted by molar-refractivity contribution is 5.95. The van der Waals surface area contributed by atoms with Crippen molar-refractivity contribution in [2.24, 2.45) is 5.92 Å². The number of hydrogen-bond donors (Lipinski definition) is 0. The minimum Gasteiger partial charge on any atom is -0.487 e. The molecule has 6 nitrogen and oxygen atoms in total. The lowest BCUT2D eigenvalue weighted by atomic mass is 9.82. The van der Waals surface area contributed by atoms with Gasteiger partial charge < -0.3 is 14.2 Å². The molecule has 0 atom stereocenters. The van der Waals surface area contributed by atoms with Crippen LogP contribution in [0.5, 0.6) is 5.75 Å². The second-order valence-corrected chi connectivity index (χ2v) is 8.67. The second kappa shape index (κ2) is 8.76. The zero-order chi connectivity index (χ0) is 21.3. The Morgan fingerprint density at radius 2 is 2.03 bits per heavy atom. The van der Waals surface area contributed by atoms with E-state index in [1.807, 2.05) is 12.1 Å². The molecule has 2 aromatic rings. The molecule has 1 saturated heterocycles. The summed E-state index contributed by atoms with van der Waals surface area (Å²) in [6.45, 7) is 6.88. The van der Waals surface area contributed by atoms with Crippen LogP contribution in [-0.4, -0.2) is 53.6 Å². The molecular weight excluding hydrogens is 385 g/mol. The average Bonchev–Trinajstić information content (AvgIpc) is 3.31. The van der Waals surface area contributed by atoms with Crippen LogP contribution in [0.3, 0.4) is 0 Å². The van der Waals surface area contributed by atoms with Crippen molar-refractivity contribution in [2.75, 3.05) is 26.7 Å². The van der Waals surface area contributed by atoms with Crippen LogP contribution in [0.25, 0.3) is 0 Å². The quantitative estimate of drug-likeness (QED) is 0.685. The number of nitrogens with zero attached hydrogens (tertiary/aromatic N) is 3. The highest BCUT2D eigenvalue weighted by Crippen LogP contribution is 2.34. The molecule has 4 rings (SSSR count). The number of ether oxygens (including phenoxy) is 1. The van der Waals surface area contributed by atoms with E-state index in [9.17, 15) is 9.18 Å². The van der Waals surface area contributed by atoms with E-state index in [1.165, 1.54) is 12.8 Å². The Hall–Kier alpha value is -2.41. The Balaban J connectivity index is 1.28. The summed E-state index contributed by atoms with van der Waals surface area (Å²) in [5.74, 6) is 0.925. The minimum atomic E-state index is -0.237. The number of amides is 1. The minimum absolute atomic E-state index is 0.00546. The molecular formula is C23H30FN3O3. The van der Waals surface area contributed by atoms with Gasteiger partial charge in [0, 0.05) is 25.7 Å². The van der Waals surface area contributed by atoms with Crippen molar-refractivity contribution < 1.29 is 18.4 Å². The largest absolute Gasteiger partial charge is 0.487 e. The lowest BCUT2D eigenvalue weighted by Gasteiger charge is -2.37. The van der Waals surface area contributed by atoms with Crippen molar-refractivity contribution in [1.29, 1.82) is 0 Å². The van der Waals surface area contributed by atoms with Crippen molar-refractivity contribution in [3.63, 3.8) is 0 Å². The summed E-state index contributed by atoms with van der Waals surface area (Å²) >= 11 is 0. The Morgan fingerprint density at radius 1 is 1.30 bits per heavy atom. The van der Waals surface area contributed by atoms with Gasteiger partial charge in [0.15, 0.2) is 11.6 Å². The zero-order valence-electron chi connectivity index (χ0n) is 18.0. The summed E-state index contributed by atoms with van der Waals surface area (Å²) in [5.41, 5.74) is 1.86. The van der Waals surface area contributed by atoms with Crippen molar-refractivity contribution >= 4 is 5.91 Å². The number of likely N-dealkylation sites (tertiary alicyclic amines) is 1. The van der Waals surface area contributed by atoms with Crippen LogP contribution in [0.4, 0.5) is 4.39 Å². The van der Waals surface area contributed by atoms with Crippen molar-refractivity contribution in [3.8, 4) is 5.75 Å². The second-order valence-electron chi connectivity index (χ2n) is 8.67. The van der Waals surface area contributed by atoms with Crippen LogP contribution in [0.2, 0.25) is 0 Å². The lowest BCUT2D eigenvalue weighted by molar-refractivity contribution is 0.0396. The van der Waals surface area contributed by atoms with E-state index in [0.717, 1.165) is 25.9 Å².